The molecular weight excluding hydrogens is 584 g/mol. The molecule has 0 saturated carbocycles. The number of allylic oxidation sites excluding steroid dienone is 1. The normalized spacial score (nSPS) is 22.5. The third-order valence-corrected chi connectivity index (χ3v) is 11.3. The summed E-state index contributed by atoms with van der Waals surface area (Å²) in [5, 5.41) is 9.43. The number of hydrogen-bond donors (Lipinski definition) is 1. The van der Waals surface area contributed by atoms with E-state index in [0.717, 1.165) is 76.8 Å². The van der Waals surface area contributed by atoms with Crippen LogP contribution in [0.5, 0.6) is 0 Å². The maximum atomic E-state index is 12.8. The number of aliphatic hydroxyl groups is 1. The van der Waals surface area contributed by atoms with Crippen LogP contribution in [-0.2, 0) is 10.8 Å². The van der Waals surface area contributed by atoms with Crippen LogP contribution in [0.3, 0.4) is 0 Å². The fourth-order valence-corrected chi connectivity index (χ4v) is 8.19. The van der Waals surface area contributed by atoms with E-state index < -0.39 is 0 Å². The lowest BCUT2D eigenvalue weighted by Gasteiger charge is -2.42. The third-order valence-electron chi connectivity index (χ3n) is 11.3. The van der Waals surface area contributed by atoms with Gasteiger partial charge in [0.1, 0.15) is 6.17 Å². The van der Waals surface area contributed by atoms with Crippen molar-refractivity contribution in [2.24, 2.45) is 4.99 Å². The summed E-state index contributed by atoms with van der Waals surface area (Å²) in [7, 11) is 0. The van der Waals surface area contributed by atoms with Crippen molar-refractivity contribution < 1.29 is 14.7 Å². The SMILES string of the molecule is CC1(C)CCC(C)(C)c2cc(C3=NC(N4CCC(N(CCCCO)CCCCN5C(=O)c6ccccc6C5=O)CC4)CC=C3)ccc21. The molecule has 6 rings (SSSR count). The van der Waals surface area contributed by atoms with Gasteiger partial charge < -0.3 is 10.0 Å². The Morgan fingerprint density at radius 3 is 2.15 bits per heavy atom. The Balaban J connectivity index is 1.04. The summed E-state index contributed by atoms with van der Waals surface area (Å²) in [6, 6.07) is 14.7. The topological polar surface area (TPSA) is 76.5 Å². The Morgan fingerprint density at radius 2 is 1.49 bits per heavy atom. The fraction of sp³-hybridized carbons (Fsp3) is 0.575. The number of imide groups is 1. The zero-order chi connectivity index (χ0) is 33.2. The monoisotopic (exact) mass is 638 g/mol. The number of dihydropyridines is 1. The summed E-state index contributed by atoms with van der Waals surface area (Å²) < 4.78 is 0. The molecule has 4 aliphatic rings. The van der Waals surface area contributed by atoms with Gasteiger partial charge in [0.05, 0.1) is 16.8 Å². The number of aliphatic hydroxyl groups excluding tert-OH is 1. The van der Waals surface area contributed by atoms with Gasteiger partial charge in [0, 0.05) is 44.3 Å². The molecule has 7 nitrogen and oxygen atoms in total. The van der Waals surface area contributed by atoms with Crippen LogP contribution < -0.4 is 0 Å². The highest BCUT2D eigenvalue weighted by Gasteiger charge is 2.38. The Morgan fingerprint density at radius 1 is 0.851 bits per heavy atom. The number of nitrogens with zero attached hydrogens (tertiary/aromatic N) is 4. The average molecular weight is 639 g/mol. The highest BCUT2D eigenvalue weighted by Crippen LogP contribution is 2.46. The Hall–Kier alpha value is -3.13. The van der Waals surface area contributed by atoms with Crippen molar-refractivity contribution >= 4 is 17.5 Å². The standard InChI is InChI=1S/C40H54N4O3/c1-39(2)20-21-40(3,4)34-28-29(16-17-33(34)39)35-14-11-15-36(41-35)43-25-18-30(19-26-43)42(23-9-10-27-45)22-7-8-24-44-37(46)31-12-5-6-13-32(31)38(44)47/h5-6,11-14,16-17,28,30,36,45H,7-10,15,18-27H2,1-4H3. The number of unbranched alkanes of at least 4 members (excludes halogenated alkanes) is 2. The van der Waals surface area contributed by atoms with Crippen molar-refractivity contribution in [3.05, 3.63) is 82.4 Å². The number of aliphatic imine (C=N–C) groups is 1. The molecule has 1 atom stereocenters. The third kappa shape index (κ3) is 7.18. The molecule has 1 fully saturated rings. The smallest absolute Gasteiger partial charge is 0.261 e. The molecule has 1 saturated heterocycles. The highest BCUT2D eigenvalue weighted by atomic mass is 16.3. The lowest BCUT2D eigenvalue weighted by molar-refractivity contribution is 0.0641. The van der Waals surface area contributed by atoms with Crippen LogP contribution in [0, 0.1) is 0 Å². The molecule has 2 aromatic carbocycles. The van der Waals surface area contributed by atoms with Crippen molar-refractivity contribution in [1.29, 1.82) is 0 Å². The van der Waals surface area contributed by atoms with E-state index in [-0.39, 0.29) is 35.4 Å². The second kappa shape index (κ2) is 14.2. The number of likely N-dealkylation sites (tertiary alicyclic amines) is 1. The molecule has 0 aromatic heterocycles. The first-order chi connectivity index (χ1) is 22.6. The number of carbonyl (C=O) groups excluding carboxylic acids is 2. The van der Waals surface area contributed by atoms with Gasteiger partial charge in [-0.2, -0.15) is 0 Å². The highest BCUT2D eigenvalue weighted by molar-refractivity contribution is 6.21. The van der Waals surface area contributed by atoms with E-state index in [1.165, 1.54) is 34.4 Å². The molecule has 1 unspecified atom stereocenters. The van der Waals surface area contributed by atoms with E-state index in [9.17, 15) is 14.7 Å². The van der Waals surface area contributed by atoms with Gasteiger partial charge in [-0.05, 0) is 111 Å². The molecular formula is C40H54N4O3. The second-order valence-corrected chi connectivity index (χ2v) is 15.4. The number of fused-ring (bicyclic) bond motifs is 2. The molecule has 1 aliphatic carbocycles. The molecule has 3 heterocycles. The first kappa shape index (κ1) is 33.8. The molecule has 1 N–H and O–H groups in total. The summed E-state index contributed by atoms with van der Waals surface area (Å²) >= 11 is 0. The molecule has 47 heavy (non-hydrogen) atoms. The predicted octanol–water partition coefficient (Wildman–Crippen LogP) is 6.73. The molecule has 0 bridgehead atoms. The van der Waals surface area contributed by atoms with Crippen molar-refractivity contribution in [2.45, 2.75) is 109 Å². The molecule has 7 heteroatoms. The zero-order valence-corrected chi connectivity index (χ0v) is 29.0. The average Bonchev–Trinajstić information content (AvgIpc) is 3.33. The number of hydrogen-bond acceptors (Lipinski definition) is 6. The second-order valence-electron chi connectivity index (χ2n) is 15.4. The van der Waals surface area contributed by atoms with Gasteiger partial charge in [0.25, 0.3) is 11.8 Å². The summed E-state index contributed by atoms with van der Waals surface area (Å²) in [6.07, 6.45) is 13.8. The molecule has 252 valence electrons. The summed E-state index contributed by atoms with van der Waals surface area (Å²) in [6.45, 7) is 14.2. The van der Waals surface area contributed by atoms with Gasteiger partial charge in [-0.3, -0.25) is 24.4 Å². The van der Waals surface area contributed by atoms with Crippen molar-refractivity contribution in [3.63, 3.8) is 0 Å². The van der Waals surface area contributed by atoms with Gasteiger partial charge in [-0.1, -0.05) is 58.0 Å². The Labute approximate surface area is 281 Å². The van der Waals surface area contributed by atoms with Crippen LogP contribution in [0.4, 0.5) is 0 Å². The first-order valence-corrected chi connectivity index (χ1v) is 18.0. The van der Waals surface area contributed by atoms with Crippen LogP contribution in [0.25, 0.3) is 0 Å². The fourth-order valence-electron chi connectivity index (χ4n) is 8.19. The van der Waals surface area contributed by atoms with Gasteiger partial charge in [0.15, 0.2) is 0 Å². The Kier molecular flexibility index (Phi) is 10.2. The quantitative estimate of drug-likeness (QED) is 0.206. The minimum Gasteiger partial charge on any atom is -0.396 e. The van der Waals surface area contributed by atoms with Gasteiger partial charge in [-0.15, -0.1) is 0 Å². The Bertz CT molecular complexity index is 1480. The van der Waals surface area contributed by atoms with Crippen LogP contribution in [0.2, 0.25) is 0 Å². The van der Waals surface area contributed by atoms with Gasteiger partial charge in [0.2, 0.25) is 0 Å². The van der Waals surface area contributed by atoms with Crippen molar-refractivity contribution in [3.8, 4) is 0 Å². The molecule has 2 amide bonds. The van der Waals surface area contributed by atoms with E-state index in [0.29, 0.717) is 23.7 Å². The van der Waals surface area contributed by atoms with Gasteiger partial charge >= 0.3 is 0 Å². The number of amides is 2. The maximum Gasteiger partial charge on any atom is 0.261 e. The van der Waals surface area contributed by atoms with Crippen LogP contribution >= 0.6 is 0 Å². The molecule has 0 spiro atoms. The largest absolute Gasteiger partial charge is 0.396 e. The predicted molar refractivity (Wildman–Crippen MR) is 189 cm³/mol. The number of rotatable bonds is 12. The van der Waals surface area contributed by atoms with E-state index in [1.807, 2.05) is 12.1 Å². The van der Waals surface area contributed by atoms with Crippen LogP contribution in [-0.4, -0.2) is 88.9 Å². The van der Waals surface area contributed by atoms with E-state index in [2.05, 4.69) is 67.8 Å². The van der Waals surface area contributed by atoms with E-state index in [4.69, 9.17) is 4.99 Å². The lowest BCUT2D eigenvalue weighted by Crippen LogP contribution is -2.48. The molecule has 0 radical (unpaired) electrons. The van der Waals surface area contributed by atoms with Crippen LogP contribution in [0.1, 0.15) is 123 Å². The summed E-state index contributed by atoms with van der Waals surface area (Å²) in [4.78, 5) is 37.5. The van der Waals surface area contributed by atoms with E-state index >= 15 is 0 Å². The number of carbonyl (C=O) groups is 2. The first-order valence-electron chi connectivity index (χ1n) is 18.0. The van der Waals surface area contributed by atoms with Gasteiger partial charge in [-0.25, -0.2) is 0 Å². The number of benzene rings is 2. The molecule has 3 aliphatic heterocycles. The van der Waals surface area contributed by atoms with Crippen molar-refractivity contribution in [1.82, 2.24) is 14.7 Å². The molecule has 2 aromatic rings. The zero-order valence-electron chi connectivity index (χ0n) is 29.0. The minimum absolute atomic E-state index is 0.166. The summed E-state index contributed by atoms with van der Waals surface area (Å²) in [5.74, 6) is -0.332. The lowest BCUT2D eigenvalue weighted by atomic mass is 9.63. The van der Waals surface area contributed by atoms with Crippen LogP contribution in [0.15, 0.2) is 59.6 Å². The number of piperidine rings is 1. The minimum atomic E-state index is -0.166. The van der Waals surface area contributed by atoms with E-state index in [1.54, 1.807) is 12.1 Å². The summed E-state index contributed by atoms with van der Waals surface area (Å²) in [5.41, 5.74) is 6.75. The maximum absolute atomic E-state index is 12.8. The van der Waals surface area contributed by atoms with Crippen molar-refractivity contribution in [2.75, 3.05) is 39.3 Å².